The molecule has 0 unspecified atom stereocenters. The molecule has 0 aliphatic carbocycles. The number of H-pyrrole nitrogens is 1. The lowest BCUT2D eigenvalue weighted by molar-refractivity contribution is 0.0691. The molecule has 2 rings (SSSR count). The Morgan fingerprint density at radius 2 is 2.24 bits per heavy atom. The van der Waals surface area contributed by atoms with E-state index in [0.717, 1.165) is 29.1 Å². The van der Waals surface area contributed by atoms with E-state index in [1.807, 2.05) is 12.1 Å². The Labute approximate surface area is 108 Å². The van der Waals surface area contributed by atoms with Crippen LogP contribution in [0.3, 0.4) is 0 Å². The van der Waals surface area contributed by atoms with Crippen LogP contribution in [0.2, 0.25) is 0 Å². The third-order valence-corrected chi connectivity index (χ3v) is 3.49. The predicted molar refractivity (Wildman–Crippen MR) is 72.1 cm³/mol. The highest BCUT2D eigenvalue weighted by Crippen LogP contribution is 2.24. The van der Waals surface area contributed by atoms with Gasteiger partial charge in [-0.3, -0.25) is 0 Å². The van der Waals surface area contributed by atoms with E-state index < -0.39 is 5.97 Å². The fourth-order valence-corrected chi connectivity index (χ4v) is 2.33. The molecule has 1 aromatic heterocycles. The van der Waals surface area contributed by atoms with Gasteiger partial charge in [0.05, 0.1) is 0 Å². The molecule has 17 heavy (non-hydrogen) atoms. The number of alkyl halides is 1. The molecule has 2 aromatic rings. The van der Waals surface area contributed by atoms with E-state index in [0.29, 0.717) is 0 Å². The lowest BCUT2D eigenvalue weighted by Gasteiger charge is -2.06. The Morgan fingerprint density at radius 1 is 1.47 bits per heavy atom. The van der Waals surface area contributed by atoms with Crippen molar-refractivity contribution < 1.29 is 9.90 Å². The standard InChI is InChI=1S/C13H14BrNO2/c1-8-4-5-9-7-11(13(16)17)15-12(9)10(8)3-2-6-14/h4-5,7,15H,2-3,6H2,1H3,(H,16,17). The molecule has 4 heteroatoms. The van der Waals surface area contributed by atoms with Gasteiger partial charge in [-0.2, -0.15) is 0 Å². The first kappa shape index (κ1) is 12.2. The van der Waals surface area contributed by atoms with E-state index >= 15 is 0 Å². The summed E-state index contributed by atoms with van der Waals surface area (Å²) in [4.78, 5) is 13.9. The van der Waals surface area contributed by atoms with Crippen LogP contribution < -0.4 is 0 Å². The van der Waals surface area contributed by atoms with Crippen LogP contribution in [0.5, 0.6) is 0 Å². The van der Waals surface area contributed by atoms with Crippen LogP contribution in [0.4, 0.5) is 0 Å². The number of carbonyl (C=O) groups is 1. The van der Waals surface area contributed by atoms with Crippen molar-refractivity contribution in [3.05, 3.63) is 35.0 Å². The van der Waals surface area contributed by atoms with E-state index in [4.69, 9.17) is 5.11 Å². The maximum atomic E-state index is 10.9. The van der Waals surface area contributed by atoms with Gasteiger partial charge in [0.2, 0.25) is 0 Å². The Hall–Kier alpha value is -1.29. The molecule has 90 valence electrons. The molecule has 3 nitrogen and oxygen atoms in total. The number of carboxylic acids is 1. The molecule has 2 N–H and O–H groups in total. The molecule has 0 aliphatic rings. The van der Waals surface area contributed by atoms with Crippen LogP contribution in [-0.2, 0) is 6.42 Å². The summed E-state index contributed by atoms with van der Waals surface area (Å²) in [6.45, 7) is 2.06. The molecule has 1 heterocycles. The number of aromatic carboxylic acids is 1. The van der Waals surface area contributed by atoms with Crippen LogP contribution >= 0.6 is 15.9 Å². The van der Waals surface area contributed by atoms with Gasteiger partial charge in [0.1, 0.15) is 5.69 Å². The zero-order valence-electron chi connectivity index (χ0n) is 9.59. The molecule has 0 saturated carbocycles. The topological polar surface area (TPSA) is 53.1 Å². The number of halogens is 1. The minimum Gasteiger partial charge on any atom is -0.477 e. The minimum absolute atomic E-state index is 0.255. The smallest absolute Gasteiger partial charge is 0.352 e. The van der Waals surface area contributed by atoms with Gasteiger partial charge < -0.3 is 10.1 Å². The fraction of sp³-hybridized carbons (Fsp3) is 0.308. The van der Waals surface area contributed by atoms with Crippen molar-refractivity contribution in [2.24, 2.45) is 0 Å². The van der Waals surface area contributed by atoms with E-state index in [2.05, 4.69) is 27.8 Å². The third-order valence-electron chi connectivity index (χ3n) is 2.93. The highest BCUT2D eigenvalue weighted by atomic mass is 79.9. The summed E-state index contributed by atoms with van der Waals surface area (Å²) in [6.07, 6.45) is 2.00. The first-order valence-corrected chi connectivity index (χ1v) is 6.66. The van der Waals surface area contributed by atoms with Gasteiger partial charge in [-0.1, -0.05) is 28.1 Å². The molecule has 0 spiro atoms. The van der Waals surface area contributed by atoms with Crippen LogP contribution in [0.15, 0.2) is 18.2 Å². The van der Waals surface area contributed by atoms with Crippen molar-refractivity contribution >= 4 is 32.8 Å². The van der Waals surface area contributed by atoms with Crippen LogP contribution in [-0.4, -0.2) is 21.4 Å². The molecule has 1 aromatic carbocycles. The van der Waals surface area contributed by atoms with Crippen molar-refractivity contribution in [3.8, 4) is 0 Å². The summed E-state index contributed by atoms with van der Waals surface area (Å²) in [5, 5.41) is 10.9. The Morgan fingerprint density at radius 3 is 2.88 bits per heavy atom. The fourth-order valence-electron chi connectivity index (χ4n) is 2.05. The zero-order valence-corrected chi connectivity index (χ0v) is 11.2. The minimum atomic E-state index is -0.912. The molecular weight excluding hydrogens is 282 g/mol. The molecule has 0 fully saturated rings. The zero-order chi connectivity index (χ0) is 12.4. The number of nitrogens with one attached hydrogen (secondary N) is 1. The SMILES string of the molecule is Cc1ccc2cc(C(=O)O)[nH]c2c1CCCBr. The van der Waals surface area contributed by atoms with E-state index in [1.54, 1.807) is 6.07 Å². The van der Waals surface area contributed by atoms with Gasteiger partial charge in [0, 0.05) is 16.2 Å². The Balaban J connectivity index is 2.54. The lowest BCUT2D eigenvalue weighted by atomic mass is 10.0. The number of hydrogen-bond acceptors (Lipinski definition) is 1. The monoisotopic (exact) mass is 295 g/mol. The number of hydrogen-bond donors (Lipinski definition) is 2. The second kappa shape index (κ2) is 4.92. The number of fused-ring (bicyclic) bond motifs is 1. The third kappa shape index (κ3) is 2.36. The summed E-state index contributed by atoms with van der Waals surface area (Å²) >= 11 is 3.42. The van der Waals surface area contributed by atoms with Gasteiger partial charge in [0.15, 0.2) is 0 Å². The summed E-state index contributed by atoms with van der Waals surface area (Å²) in [5.74, 6) is -0.912. The second-order valence-electron chi connectivity index (χ2n) is 4.11. The van der Waals surface area contributed by atoms with Crippen molar-refractivity contribution in [1.82, 2.24) is 4.98 Å². The van der Waals surface area contributed by atoms with E-state index in [-0.39, 0.29) is 5.69 Å². The number of aromatic amines is 1. The number of aromatic nitrogens is 1. The molecule has 0 radical (unpaired) electrons. The van der Waals surface area contributed by atoms with Crippen molar-refractivity contribution in [1.29, 1.82) is 0 Å². The first-order chi connectivity index (χ1) is 8.13. The van der Waals surface area contributed by atoms with Crippen LogP contribution in [0.25, 0.3) is 10.9 Å². The van der Waals surface area contributed by atoms with Gasteiger partial charge in [-0.25, -0.2) is 4.79 Å². The molecule has 0 atom stereocenters. The van der Waals surface area contributed by atoms with Gasteiger partial charge >= 0.3 is 5.97 Å². The predicted octanol–water partition coefficient (Wildman–Crippen LogP) is 3.50. The van der Waals surface area contributed by atoms with E-state index in [1.165, 1.54) is 11.1 Å². The van der Waals surface area contributed by atoms with Gasteiger partial charge in [-0.05, 0) is 37.0 Å². The summed E-state index contributed by atoms with van der Waals surface area (Å²) in [7, 11) is 0. The average molecular weight is 296 g/mol. The number of rotatable bonds is 4. The van der Waals surface area contributed by atoms with Gasteiger partial charge in [-0.15, -0.1) is 0 Å². The lowest BCUT2D eigenvalue weighted by Crippen LogP contribution is -1.96. The quantitative estimate of drug-likeness (QED) is 0.848. The Bertz CT molecular complexity index is 560. The highest BCUT2D eigenvalue weighted by Gasteiger charge is 2.11. The first-order valence-electron chi connectivity index (χ1n) is 5.54. The average Bonchev–Trinajstić information content (AvgIpc) is 2.72. The number of carboxylic acid groups (broad SMARTS) is 1. The maximum absolute atomic E-state index is 10.9. The summed E-state index contributed by atoms with van der Waals surface area (Å²) in [5.41, 5.74) is 3.64. The highest BCUT2D eigenvalue weighted by molar-refractivity contribution is 9.09. The number of aryl methyl sites for hydroxylation is 2. The largest absolute Gasteiger partial charge is 0.477 e. The molecule has 0 aliphatic heterocycles. The van der Waals surface area contributed by atoms with Crippen LogP contribution in [0.1, 0.15) is 28.0 Å². The normalized spacial score (nSPS) is 10.9. The Kier molecular flexibility index (Phi) is 3.52. The second-order valence-corrected chi connectivity index (χ2v) is 4.90. The molecule has 0 amide bonds. The maximum Gasteiger partial charge on any atom is 0.352 e. The summed E-state index contributed by atoms with van der Waals surface area (Å²) < 4.78 is 0. The van der Waals surface area contributed by atoms with Crippen molar-refractivity contribution in [2.45, 2.75) is 19.8 Å². The van der Waals surface area contributed by atoms with Crippen LogP contribution in [0, 0.1) is 6.92 Å². The summed E-state index contributed by atoms with van der Waals surface area (Å²) in [6, 6.07) is 5.70. The molecule has 0 bridgehead atoms. The number of benzene rings is 1. The van der Waals surface area contributed by atoms with Crippen molar-refractivity contribution in [3.63, 3.8) is 0 Å². The molecule has 0 saturated heterocycles. The van der Waals surface area contributed by atoms with Crippen molar-refractivity contribution in [2.75, 3.05) is 5.33 Å². The van der Waals surface area contributed by atoms with E-state index in [9.17, 15) is 4.79 Å². The van der Waals surface area contributed by atoms with Gasteiger partial charge in [0.25, 0.3) is 0 Å². The molecular formula is C13H14BrNO2.